The topological polar surface area (TPSA) is 43.1 Å². The number of nitro groups is 1. The normalized spacial score (nSPS) is 8.92. The summed E-state index contributed by atoms with van der Waals surface area (Å²) in [6, 6.07) is 7.93. The Morgan fingerprint density at radius 2 is 1.54 bits per heavy atom. The highest BCUT2D eigenvalue weighted by atomic mass is 80.0. The standard InChI is InChI=1S/C6H5NO2.CHBr3/c8-7(9)6-4-2-1-3-5-6;2-1(3)4/h1-5H;1H. The molecule has 0 bridgehead atoms. The zero-order chi connectivity index (χ0) is 10.3. The predicted octanol–water partition coefficient (Wildman–Crippen LogP) is 4.05. The Kier molecular flexibility index (Phi) is 7.50. The van der Waals surface area contributed by atoms with E-state index in [1.165, 1.54) is 12.1 Å². The van der Waals surface area contributed by atoms with Crippen molar-refractivity contribution in [2.45, 2.75) is 2.65 Å². The van der Waals surface area contributed by atoms with E-state index in [2.05, 4.69) is 47.8 Å². The molecular formula is C7H6Br3NO2. The van der Waals surface area contributed by atoms with Crippen LogP contribution >= 0.6 is 47.8 Å². The van der Waals surface area contributed by atoms with Crippen LogP contribution < -0.4 is 0 Å². The molecule has 0 N–H and O–H groups in total. The Labute approximate surface area is 101 Å². The van der Waals surface area contributed by atoms with E-state index in [1.807, 2.05) is 0 Å². The first-order valence-corrected chi connectivity index (χ1v) is 5.90. The van der Waals surface area contributed by atoms with Crippen LogP contribution in [0.5, 0.6) is 0 Å². The van der Waals surface area contributed by atoms with E-state index in [9.17, 15) is 10.1 Å². The van der Waals surface area contributed by atoms with Gasteiger partial charge in [-0.15, -0.1) is 0 Å². The molecule has 0 atom stereocenters. The van der Waals surface area contributed by atoms with Crippen molar-refractivity contribution in [1.82, 2.24) is 0 Å². The number of non-ortho nitro benzene ring substituents is 1. The van der Waals surface area contributed by atoms with E-state index in [4.69, 9.17) is 0 Å². The lowest BCUT2D eigenvalue weighted by atomic mass is 10.3. The molecule has 0 spiro atoms. The van der Waals surface area contributed by atoms with Crippen LogP contribution in [-0.4, -0.2) is 7.57 Å². The Balaban J connectivity index is 0.000000310. The summed E-state index contributed by atoms with van der Waals surface area (Å²) in [6.07, 6.45) is 0. The Morgan fingerprint density at radius 3 is 1.77 bits per heavy atom. The second-order valence-corrected chi connectivity index (χ2v) is 8.27. The molecule has 6 heteroatoms. The van der Waals surface area contributed by atoms with Crippen molar-refractivity contribution in [1.29, 1.82) is 0 Å². The average Bonchev–Trinajstić information content (AvgIpc) is 2.05. The fourth-order valence-electron chi connectivity index (χ4n) is 0.550. The van der Waals surface area contributed by atoms with Crippen molar-refractivity contribution >= 4 is 53.5 Å². The van der Waals surface area contributed by atoms with Gasteiger partial charge in [0.15, 0.2) is 0 Å². The molecule has 13 heavy (non-hydrogen) atoms. The van der Waals surface area contributed by atoms with Gasteiger partial charge < -0.3 is 0 Å². The van der Waals surface area contributed by atoms with Gasteiger partial charge in [-0.05, 0) is 0 Å². The second kappa shape index (κ2) is 7.46. The van der Waals surface area contributed by atoms with Crippen LogP contribution in [0, 0.1) is 10.1 Å². The quantitative estimate of drug-likeness (QED) is 0.422. The molecule has 0 aliphatic carbocycles. The third-order valence-corrected chi connectivity index (χ3v) is 0.967. The lowest BCUT2D eigenvalue weighted by Gasteiger charge is -1.85. The van der Waals surface area contributed by atoms with Crippen molar-refractivity contribution in [3.8, 4) is 0 Å². The molecule has 0 aliphatic heterocycles. The van der Waals surface area contributed by atoms with E-state index in [0.717, 1.165) is 0 Å². The van der Waals surface area contributed by atoms with Gasteiger partial charge in [0.1, 0.15) is 2.65 Å². The van der Waals surface area contributed by atoms with Gasteiger partial charge in [0.2, 0.25) is 0 Å². The molecule has 0 amide bonds. The van der Waals surface area contributed by atoms with Gasteiger partial charge in [-0.3, -0.25) is 10.1 Å². The highest BCUT2D eigenvalue weighted by molar-refractivity contribution is 9.38. The van der Waals surface area contributed by atoms with E-state index in [-0.39, 0.29) is 8.33 Å². The number of rotatable bonds is 1. The van der Waals surface area contributed by atoms with Crippen molar-refractivity contribution in [2.75, 3.05) is 0 Å². The van der Waals surface area contributed by atoms with E-state index in [0.29, 0.717) is 0 Å². The summed E-state index contributed by atoms with van der Waals surface area (Å²) in [6.45, 7) is 0. The molecular weight excluding hydrogens is 370 g/mol. The number of benzene rings is 1. The summed E-state index contributed by atoms with van der Waals surface area (Å²) >= 11 is 9.31. The van der Waals surface area contributed by atoms with Gasteiger partial charge in [0.25, 0.3) is 5.69 Å². The summed E-state index contributed by atoms with van der Waals surface area (Å²) in [5, 5.41) is 10.0. The Bertz CT molecular complexity index is 250. The third-order valence-electron chi connectivity index (χ3n) is 0.967. The average molecular weight is 376 g/mol. The summed E-state index contributed by atoms with van der Waals surface area (Å²) in [5.41, 5.74) is 0.137. The lowest BCUT2D eigenvalue weighted by Crippen LogP contribution is -1.84. The number of nitrogens with zero attached hydrogens (tertiary/aromatic N) is 1. The molecule has 0 aliphatic rings. The molecule has 3 nitrogen and oxygen atoms in total. The molecule has 0 radical (unpaired) electrons. The number of alkyl halides is 3. The largest absolute Gasteiger partial charge is 0.269 e. The van der Waals surface area contributed by atoms with Crippen LogP contribution in [0.25, 0.3) is 0 Å². The molecule has 72 valence electrons. The molecule has 0 heterocycles. The number of para-hydroxylation sites is 1. The van der Waals surface area contributed by atoms with Gasteiger partial charge in [0, 0.05) is 12.1 Å². The van der Waals surface area contributed by atoms with Crippen molar-refractivity contribution < 1.29 is 4.92 Å². The minimum Gasteiger partial charge on any atom is -0.258 e. The summed E-state index contributed by atoms with van der Waals surface area (Å²) in [4.78, 5) is 9.59. The van der Waals surface area contributed by atoms with Gasteiger partial charge in [-0.25, -0.2) is 0 Å². The highest BCUT2D eigenvalue weighted by Gasteiger charge is 1.98. The molecule has 0 saturated carbocycles. The van der Waals surface area contributed by atoms with Crippen LogP contribution in [0.1, 0.15) is 0 Å². The SMILES string of the molecule is BrC(Br)Br.O=[N+]([O-])c1ccccc1. The van der Waals surface area contributed by atoms with E-state index >= 15 is 0 Å². The first-order chi connectivity index (χ1) is 6.04. The molecule has 1 aromatic carbocycles. The van der Waals surface area contributed by atoms with Crippen molar-refractivity contribution in [3.63, 3.8) is 0 Å². The van der Waals surface area contributed by atoms with Crippen LogP contribution in [0.4, 0.5) is 5.69 Å². The molecule has 0 saturated heterocycles. The van der Waals surface area contributed by atoms with Gasteiger partial charge in [-0.1, -0.05) is 66.0 Å². The maximum Gasteiger partial charge on any atom is 0.269 e. The first-order valence-electron chi connectivity index (χ1n) is 3.15. The van der Waals surface area contributed by atoms with Gasteiger partial charge >= 0.3 is 0 Å². The molecule has 0 unspecified atom stereocenters. The molecule has 0 aromatic heterocycles. The number of halogens is 3. The van der Waals surface area contributed by atoms with Crippen LogP contribution in [0.3, 0.4) is 0 Å². The zero-order valence-electron chi connectivity index (χ0n) is 6.36. The Hall–Kier alpha value is 0.0600. The summed E-state index contributed by atoms with van der Waals surface area (Å²) in [7, 11) is 0. The Morgan fingerprint density at radius 1 is 1.15 bits per heavy atom. The minimum absolute atomic E-state index is 0.137. The predicted molar refractivity (Wildman–Crippen MR) is 63.7 cm³/mol. The fourth-order valence-corrected chi connectivity index (χ4v) is 0.550. The van der Waals surface area contributed by atoms with E-state index in [1.54, 1.807) is 18.2 Å². The lowest BCUT2D eigenvalue weighted by molar-refractivity contribution is -0.384. The summed E-state index contributed by atoms with van der Waals surface area (Å²) in [5.74, 6) is 0. The maximum absolute atomic E-state index is 10.0. The first kappa shape index (κ1) is 13.1. The minimum atomic E-state index is -0.417. The molecule has 0 fully saturated rings. The van der Waals surface area contributed by atoms with Crippen LogP contribution in [0.15, 0.2) is 30.3 Å². The number of nitro benzene ring substituents is 1. The van der Waals surface area contributed by atoms with Crippen LogP contribution in [-0.2, 0) is 0 Å². The highest BCUT2D eigenvalue weighted by Crippen LogP contribution is 2.13. The van der Waals surface area contributed by atoms with Crippen molar-refractivity contribution in [2.24, 2.45) is 0 Å². The van der Waals surface area contributed by atoms with E-state index < -0.39 is 4.92 Å². The zero-order valence-corrected chi connectivity index (χ0v) is 11.1. The monoisotopic (exact) mass is 373 g/mol. The number of hydrogen-bond donors (Lipinski definition) is 0. The van der Waals surface area contributed by atoms with Crippen LogP contribution in [0.2, 0.25) is 0 Å². The summed E-state index contributed by atoms with van der Waals surface area (Å²) < 4.78 is 0.271. The maximum atomic E-state index is 10.0. The second-order valence-electron chi connectivity index (χ2n) is 1.84. The van der Waals surface area contributed by atoms with Gasteiger partial charge in [-0.2, -0.15) is 0 Å². The fraction of sp³-hybridized carbons (Fsp3) is 0.143. The van der Waals surface area contributed by atoms with Gasteiger partial charge in [0.05, 0.1) is 4.92 Å². The molecule has 1 aromatic rings. The molecule has 1 rings (SSSR count). The smallest absolute Gasteiger partial charge is 0.258 e. The van der Waals surface area contributed by atoms with Crippen molar-refractivity contribution in [3.05, 3.63) is 40.4 Å². The third kappa shape index (κ3) is 8.39. The number of hydrogen-bond acceptors (Lipinski definition) is 2.